The zero-order chi connectivity index (χ0) is 11.1. The average Bonchev–Trinajstić information content (AvgIpc) is 2.27. The number of nitriles is 1. The summed E-state index contributed by atoms with van der Waals surface area (Å²) in [5, 5.41) is 14.0. The van der Waals surface area contributed by atoms with E-state index in [1.54, 1.807) is 18.2 Å². The van der Waals surface area contributed by atoms with Gasteiger partial charge in [0.05, 0.1) is 11.8 Å². The molecule has 15 heavy (non-hydrogen) atoms. The first-order valence-corrected chi connectivity index (χ1v) is 4.09. The molecule has 1 rings (SSSR count). The molecule has 0 saturated heterocycles. The third-order valence-corrected chi connectivity index (χ3v) is 1.63. The lowest BCUT2D eigenvalue weighted by atomic mass is 10.1. The number of benzene rings is 1. The number of hydrogen-bond donors (Lipinski definition) is 1. The van der Waals surface area contributed by atoms with Crippen LogP contribution in [0.2, 0.25) is 0 Å². The molecule has 0 saturated carbocycles. The molecule has 0 aliphatic heterocycles. The minimum Gasteiger partial charge on any atom is -0.339 e. The van der Waals surface area contributed by atoms with E-state index in [0.29, 0.717) is 0 Å². The van der Waals surface area contributed by atoms with Crippen LogP contribution in [0.3, 0.4) is 0 Å². The Hall–Kier alpha value is -2.51. The molecule has 0 aromatic heterocycles. The molecule has 6 nitrogen and oxygen atoms in total. The van der Waals surface area contributed by atoms with E-state index in [0.717, 1.165) is 0 Å². The van der Waals surface area contributed by atoms with Crippen LogP contribution in [0.5, 0.6) is 0 Å². The first-order valence-electron chi connectivity index (χ1n) is 4.09. The van der Waals surface area contributed by atoms with Gasteiger partial charge in [0.15, 0.2) is 0 Å². The van der Waals surface area contributed by atoms with Crippen LogP contribution in [-0.2, 0) is 0 Å². The standard InChI is InChI=1S/C9H7N5O/c10-5-6-12-9(15)7-3-1-2-4-8(7)13-14-11/h1-4H,6H2,(H,12,15). The van der Waals surface area contributed by atoms with E-state index in [4.69, 9.17) is 10.8 Å². The SMILES string of the molecule is N#CCNC(=O)c1ccccc1N=[N+]=[N-]. The largest absolute Gasteiger partial charge is 0.339 e. The Labute approximate surface area is 85.8 Å². The smallest absolute Gasteiger partial charge is 0.252 e. The minimum absolute atomic E-state index is 0.0799. The number of azide groups is 1. The molecule has 0 radical (unpaired) electrons. The summed E-state index contributed by atoms with van der Waals surface area (Å²) in [5.41, 5.74) is 8.78. The fourth-order valence-corrected chi connectivity index (χ4v) is 1.02. The third-order valence-electron chi connectivity index (χ3n) is 1.63. The maximum absolute atomic E-state index is 11.5. The van der Waals surface area contributed by atoms with Crippen molar-refractivity contribution in [3.05, 3.63) is 40.3 Å². The van der Waals surface area contributed by atoms with Gasteiger partial charge >= 0.3 is 0 Å². The lowest BCUT2D eigenvalue weighted by molar-refractivity contribution is 0.0959. The van der Waals surface area contributed by atoms with Gasteiger partial charge in [0.1, 0.15) is 6.54 Å². The molecule has 0 atom stereocenters. The zero-order valence-corrected chi connectivity index (χ0v) is 7.71. The predicted molar refractivity (Wildman–Crippen MR) is 53.2 cm³/mol. The molecule has 1 amide bonds. The van der Waals surface area contributed by atoms with E-state index in [1.807, 2.05) is 0 Å². The van der Waals surface area contributed by atoms with Crippen molar-refractivity contribution in [2.75, 3.05) is 6.54 Å². The molecule has 0 unspecified atom stereocenters. The molecule has 0 fully saturated rings. The molecule has 1 aromatic rings. The molecule has 0 spiro atoms. The van der Waals surface area contributed by atoms with Crippen molar-refractivity contribution in [1.29, 1.82) is 5.26 Å². The van der Waals surface area contributed by atoms with Crippen molar-refractivity contribution in [3.63, 3.8) is 0 Å². The van der Waals surface area contributed by atoms with Crippen molar-refractivity contribution in [2.24, 2.45) is 5.11 Å². The fourth-order valence-electron chi connectivity index (χ4n) is 1.02. The highest BCUT2D eigenvalue weighted by atomic mass is 16.1. The van der Waals surface area contributed by atoms with Crippen LogP contribution in [0.1, 0.15) is 10.4 Å². The van der Waals surface area contributed by atoms with E-state index in [1.165, 1.54) is 12.1 Å². The molecule has 0 heterocycles. The molecule has 1 N–H and O–H groups in total. The lowest BCUT2D eigenvalue weighted by Gasteiger charge is -2.03. The summed E-state index contributed by atoms with van der Waals surface area (Å²) in [5.74, 6) is -0.431. The number of hydrogen-bond acceptors (Lipinski definition) is 3. The van der Waals surface area contributed by atoms with Gasteiger partial charge in [-0.1, -0.05) is 23.3 Å². The highest BCUT2D eigenvalue weighted by Gasteiger charge is 2.08. The summed E-state index contributed by atoms with van der Waals surface area (Å²) >= 11 is 0. The Morgan fingerprint density at radius 2 is 2.33 bits per heavy atom. The number of nitrogens with zero attached hydrogens (tertiary/aromatic N) is 4. The fraction of sp³-hybridized carbons (Fsp3) is 0.111. The monoisotopic (exact) mass is 201 g/mol. The first kappa shape index (κ1) is 10.6. The van der Waals surface area contributed by atoms with Crippen LogP contribution in [0.15, 0.2) is 29.4 Å². The van der Waals surface area contributed by atoms with Gasteiger partial charge < -0.3 is 5.32 Å². The minimum atomic E-state index is -0.431. The normalized spacial score (nSPS) is 8.47. The van der Waals surface area contributed by atoms with Gasteiger partial charge in [-0.2, -0.15) is 5.26 Å². The van der Waals surface area contributed by atoms with Crippen LogP contribution in [-0.4, -0.2) is 12.5 Å². The Morgan fingerprint density at radius 3 is 3.00 bits per heavy atom. The van der Waals surface area contributed by atoms with Gasteiger partial charge in [-0.05, 0) is 11.6 Å². The van der Waals surface area contributed by atoms with Crippen molar-refractivity contribution >= 4 is 11.6 Å². The summed E-state index contributed by atoms with van der Waals surface area (Å²) in [6.07, 6.45) is 0. The van der Waals surface area contributed by atoms with E-state index in [9.17, 15) is 4.79 Å². The van der Waals surface area contributed by atoms with E-state index in [2.05, 4.69) is 15.3 Å². The summed E-state index contributed by atoms with van der Waals surface area (Å²) < 4.78 is 0. The van der Waals surface area contributed by atoms with E-state index >= 15 is 0 Å². The van der Waals surface area contributed by atoms with Crippen molar-refractivity contribution in [2.45, 2.75) is 0 Å². The van der Waals surface area contributed by atoms with Gasteiger partial charge in [-0.15, -0.1) is 0 Å². The highest BCUT2D eigenvalue weighted by Crippen LogP contribution is 2.18. The number of rotatable bonds is 3. The van der Waals surface area contributed by atoms with Crippen molar-refractivity contribution in [1.82, 2.24) is 5.32 Å². The van der Waals surface area contributed by atoms with Crippen LogP contribution >= 0.6 is 0 Å². The highest BCUT2D eigenvalue weighted by molar-refractivity contribution is 5.98. The second-order valence-electron chi connectivity index (χ2n) is 2.55. The van der Waals surface area contributed by atoms with Crippen LogP contribution < -0.4 is 5.32 Å². The molecule has 0 aliphatic rings. The second-order valence-corrected chi connectivity index (χ2v) is 2.55. The van der Waals surface area contributed by atoms with Gasteiger partial charge in [0, 0.05) is 10.5 Å². The molecule has 1 aromatic carbocycles. The Morgan fingerprint density at radius 1 is 1.60 bits per heavy atom. The predicted octanol–water partition coefficient (Wildman–Crippen LogP) is 1.88. The number of nitrogens with one attached hydrogen (secondary N) is 1. The van der Waals surface area contributed by atoms with Crippen molar-refractivity contribution in [3.8, 4) is 6.07 Å². The molecule has 0 aliphatic carbocycles. The van der Waals surface area contributed by atoms with Crippen LogP contribution in [0.4, 0.5) is 5.69 Å². The zero-order valence-electron chi connectivity index (χ0n) is 7.71. The molecular weight excluding hydrogens is 194 g/mol. The van der Waals surface area contributed by atoms with E-state index < -0.39 is 5.91 Å². The second kappa shape index (κ2) is 5.27. The van der Waals surface area contributed by atoms with Gasteiger partial charge in [0.25, 0.3) is 5.91 Å². The first-order chi connectivity index (χ1) is 7.29. The third kappa shape index (κ3) is 2.72. The summed E-state index contributed by atoms with van der Waals surface area (Å²) in [6.45, 7) is -0.0799. The average molecular weight is 201 g/mol. The quantitative estimate of drug-likeness (QED) is 0.349. The number of carbonyl (C=O) groups is 1. The van der Waals surface area contributed by atoms with Gasteiger partial charge in [-0.25, -0.2) is 0 Å². The summed E-state index contributed by atoms with van der Waals surface area (Å²) in [6, 6.07) is 8.15. The van der Waals surface area contributed by atoms with Crippen molar-refractivity contribution < 1.29 is 4.79 Å². The van der Waals surface area contributed by atoms with Crippen LogP contribution in [0.25, 0.3) is 10.4 Å². The Balaban J connectivity index is 2.98. The topological polar surface area (TPSA) is 102 Å². The van der Waals surface area contributed by atoms with E-state index in [-0.39, 0.29) is 17.8 Å². The molecule has 6 heteroatoms. The Kier molecular flexibility index (Phi) is 3.71. The Bertz CT molecular complexity index is 456. The molecule has 74 valence electrons. The molecular formula is C9H7N5O. The lowest BCUT2D eigenvalue weighted by Crippen LogP contribution is -2.23. The summed E-state index contributed by atoms with van der Waals surface area (Å²) in [7, 11) is 0. The van der Waals surface area contributed by atoms with Crippen LogP contribution in [0, 0.1) is 11.3 Å². The maximum Gasteiger partial charge on any atom is 0.252 e. The summed E-state index contributed by atoms with van der Waals surface area (Å²) in [4.78, 5) is 14.1. The number of amides is 1. The molecule has 0 bridgehead atoms. The van der Waals surface area contributed by atoms with Gasteiger partial charge in [-0.3, -0.25) is 4.79 Å². The number of carbonyl (C=O) groups excluding carboxylic acids is 1. The van der Waals surface area contributed by atoms with Gasteiger partial charge in [0.2, 0.25) is 0 Å². The maximum atomic E-state index is 11.5.